The first-order valence-electron chi connectivity index (χ1n) is 9.16. The predicted octanol–water partition coefficient (Wildman–Crippen LogP) is 3.21. The van der Waals surface area contributed by atoms with Crippen LogP contribution in [-0.2, 0) is 16.1 Å². The summed E-state index contributed by atoms with van der Waals surface area (Å²) in [6, 6.07) is 13.5. The number of carbonyl (C=O) groups excluding carboxylic acids is 2. The molecule has 0 unspecified atom stereocenters. The van der Waals surface area contributed by atoms with Crippen molar-refractivity contribution >= 4 is 28.3 Å². The van der Waals surface area contributed by atoms with E-state index in [2.05, 4.69) is 5.32 Å². The molecule has 0 aliphatic heterocycles. The van der Waals surface area contributed by atoms with E-state index in [9.17, 15) is 14.4 Å². The summed E-state index contributed by atoms with van der Waals surface area (Å²) in [6.45, 7) is 3.67. The third-order valence-corrected chi connectivity index (χ3v) is 4.24. The monoisotopic (exact) mass is 394 g/mol. The number of esters is 1. The van der Waals surface area contributed by atoms with Crippen molar-refractivity contribution in [3.8, 4) is 5.75 Å². The molecule has 29 heavy (non-hydrogen) atoms. The van der Waals surface area contributed by atoms with Crippen molar-refractivity contribution in [2.24, 2.45) is 0 Å². The molecule has 1 aromatic heterocycles. The Bertz CT molecular complexity index is 1120. The number of amides is 1. The first kappa shape index (κ1) is 20.1. The van der Waals surface area contributed by atoms with Crippen molar-refractivity contribution < 1.29 is 19.1 Å². The molecular formula is C22H22N2O5. The van der Waals surface area contributed by atoms with E-state index >= 15 is 0 Å². The summed E-state index contributed by atoms with van der Waals surface area (Å²) < 4.78 is 11.7. The minimum atomic E-state index is -0.553. The molecule has 1 N–H and O–H groups in total. The molecule has 0 aliphatic carbocycles. The highest BCUT2D eigenvalue weighted by Crippen LogP contribution is 2.20. The Morgan fingerprint density at radius 2 is 1.86 bits per heavy atom. The van der Waals surface area contributed by atoms with Gasteiger partial charge < -0.3 is 19.4 Å². The zero-order valence-electron chi connectivity index (χ0n) is 16.5. The lowest BCUT2D eigenvalue weighted by molar-refractivity contribution is -0.116. The van der Waals surface area contributed by atoms with E-state index in [1.165, 1.54) is 11.7 Å². The lowest BCUT2D eigenvalue weighted by Gasteiger charge is -2.12. The van der Waals surface area contributed by atoms with Gasteiger partial charge in [0, 0.05) is 11.6 Å². The van der Waals surface area contributed by atoms with E-state index in [4.69, 9.17) is 9.47 Å². The van der Waals surface area contributed by atoms with Crippen LogP contribution in [0.4, 0.5) is 5.69 Å². The Morgan fingerprint density at radius 3 is 2.59 bits per heavy atom. The third kappa shape index (κ3) is 4.63. The summed E-state index contributed by atoms with van der Waals surface area (Å²) in [4.78, 5) is 37.0. The van der Waals surface area contributed by atoms with Gasteiger partial charge in [-0.15, -0.1) is 0 Å². The molecule has 3 rings (SSSR count). The number of fused-ring (bicyclic) bond motifs is 1. The summed E-state index contributed by atoms with van der Waals surface area (Å²) >= 11 is 0. The van der Waals surface area contributed by atoms with E-state index in [1.54, 1.807) is 54.7 Å². The fourth-order valence-corrected chi connectivity index (χ4v) is 2.96. The number of hydrogen-bond acceptors (Lipinski definition) is 5. The first-order valence-corrected chi connectivity index (χ1v) is 9.16. The number of aromatic nitrogens is 1. The van der Waals surface area contributed by atoms with Gasteiger partial charge in [0.05, 0.1) is 24.5 Å². The maximum absolute atomic E-state index is 12.7. The number of ether oxygens (including phenoxy) is 2. The van der Waals surface area contributed by atoms with E-state index in [1.807, 2.05) is 13.8 Å². The van der Waals surface area contributed by atoms with Crippen LogP contribution in [0.5, 0.6) is 5.75 Å². The standard InChI is InChI=1S/C22H22N2O5/c1-14(2)29-16-8-9-17-15(12-16)10-11-24(21(17)26)13-20(25)23-19-7-5-4-6-18(19)22(27)28-3/h4-12,14H,13H2,1-3H3,(H,23,25). The lowest BCUT2D eigenvalue weighted by Crippen LogP contribution is -2.27. The van der Waals surface area contributed by atoms with Gasteiger partial charge in [0.25, 0.3) is 5.56 Å². The molecule has 0 fully saturated rings. The fraction of sp³-hybridized carbons (Fsp3) is 0.227. The smallest absolute Gasteiger partial charge is 0.339 e. The number of nitrogens with one attached hydrogen (secondary N) is 1. The van der Waals surface area contributed by atoms with Crippen molar-refractivity contribution in [2.75, 3.05) is 12.4 Å². The first-order chi connectivity index (χ1) is 13.9. The topological polar surface area (TPSA) is 86.6 Å². The number of anilines is 1. The van der Waals surface area contributed by atoms with E-state index in [-0.39, 0.29) is 23.8 Å². The molecule has 3 aromatic rings. The van der Waals surface area contributed by atoms with Crippen LogP contribution in [0, 0.1) is 0 Å². The molecular weight excluding hydrogens is 372 g/mol. The maximum Gasteiger partial charge on any atom is 0.339 e. The number of carbonyl (C=O) groups is 2. The van der Waals surface area contributed by atoms with Crippen molar-refractivity contribution in [3.63, 3.8) is 0 Å². The van der Waals surface area contributed by atoms with Crippen LogP contribution < -0.4 is 15.6 Å². The molecule has 2 aromatic carbocycles. The van der Waals surface area contributed by atoms with Crippen molar-refractivity contribution in [1.82, 2.24) is 4.57 Å². The Labute approximate surface area is 167 Å². The van der Waals surface area contributed by atoms with Crippen molar-refractivity contribution in [3.05, 3.63) is 70.6 Å². The molecule has 1 heterocycles. The minimum Gasteiger partial charge on any atom is -0.491 e. The van der Waals surface area contributed by atoms with Crippen LogP contribution >= 0.6 is 0 Å². The van der Waals surface area contributed by atoms with Gasteiger partial charge in [0.1, 0.15) is 12.3 Å². The van der Waals surface area contributed by atoms with Crippen LogP contribution in [0.25, 0.3) is 10.8 Å². The molecule has 1 amide bonds. The molecule has 7 heteroatoms. The Morgan fingerprint density at radius 1 is 1.10 bits per heavy atom. The Balaban J connectivity index is 1.82. The fourth-order valence-electron chi connectivity index (χ4n) is 2.96. The maximum atomic E-state index is 12.7. The zero-order valence-corrected chi connectivity index (χ0v) is 16.5. The molecule has 0 radical (unpaired) electrons. The van der Waals surface area contributed by atoms with Gasteiger partial charge in [0.15, 0.2) is 0 Å². The second-order valence-electron chi connectivity index (χ2n) is 6.75. The number of methoxy groups -OCH3 is 1. The Hall–Kier alpha value is -3.61. The Kier molecular flexibility index (Phi) is 5.97. The van der Waals surface area contributed by atoms with Crippen molar-refractivity contribution in [1.29, 1.82) is 0 Å². The van der Waals surface area contributed by atoms with Gasteiger partial charge in [-0.25, -0.2) is 4.79 Å². The highest BCUT2D eigenvalue weighted by molar-refractivity contribution is 6.01. The second kappa shape index (κ2) is 8.60. The lowest BCUT2D eigenvalue weighted by atomic mass is 10.1. The zero-order chi connectivity index (χ0) is 21.0. The number of hydrogen-bond donors (Lipinski definition) is 1. The largest absolute Gasteiger partial charge is 0.491 e. The molecule has 0 spiro atoms. The van der Waals surface area contributed by atoms with Gasteiger partial charge in [-0.2, -0.15) is 0 Å². The predicted molar refractivity (Wildman–Crippen MR) is 110 cm³/mol. The van der Waals surface area contributed by atoms with Gasteiger partial charge in [-0.3, -0.25) is 9.59 Å². The molecule has 0 bridgehead atoms. The molecule has 0 saturated carbocycles. The minimum absolute atomic E-state index is 0.0318. The summed E-state index contributed by atoms with van der Waals surface area (Å²) in [5.41, 5.74) is 0.288. The quantitative estimate of drug-likeness (QED) is 0.649. The van der Waals surface area contributed by atoms with E-state index in [0.717, 1.165) is 5.39 Å². The van der Waals surface area contributed by atoms with Gasteiger partial charge >= 0.3 is 5.97 Å². The summed E-state index contributed by atoms with van der Waals surface area (Å²) in [6.07, 6.45) is 1.60. The molecule has 150 valence electrons. The normalized spacial score (nSPS) is 10.8. The highest BCUT2D eigenvalue weighted by Gasteiger charge is 2.14. The summed E-state index contributed by atoms with van der Waals surface area (Å²) in [7, 11) is 1.27. The van der Waals surface area contributed by atoms with Gasteiger partial charge in [-0.1, -0.05) is 12.1 Å². The van der Waals surface area contributed by atoms with Crippen molar-refractivity contribution in [2.45, 2.75) is 26.5 Å². The number of rotatable bonds is 6. The van der Waals surface area contributed by atoms with Crippen LogP contribution in [0.15, 0.2) is 59.5 Å². The number of pyridine rings is 1. The molecule has 0 atom stereocenters. The summed E-state index contributed by atoms with van der Waals surface area (Å²) in [5, 5.41) is 3.89. The average molecular weight is 394 g/mol. The van der Waals surface area contributed by atoms with Gasteiger partial charge in [0.2, 0.25) is 5.91 Å². The van der Waals surface area contributed by atoms with E-state index < -0.39 is 11.9 Å². The average Bonchev–Trinajstić information content (AvgIpc) is 2.69. The van der Waals surface area contributed by atoms with E-state index in [0.29, 0.717) is 16.8 Å². The third-order valence-electron chi connectivity index (χ3n) is 4.24. The summed E-state index contributed by atoms with van der Waals surface area (Å²) in [5.74, 6) is -0.299. The highest BCUT2D eigenvalue weighted by atomic mass is 16.5. The number of benzene rings is 2. The number of para-hydroxylation sites is 1. The molecule has 0 saturated heterocycles. The van der Waals surface area contributed by atoms with Crippen LogP contribution in [0.1, 0.15) is 24.2 Å². The van der Waals surface area contributed by atoms with Gasteiger partial charge in [-0.05, 0) is 55.6 Å². The molecule has 7 nitrogen and oxygen atoms in total. The second-order valence-corrected chi connectivity index (χ2v) is 6.75. The van der Waals surface area contributed by atoms with Crippen LogP contribution in [0.3, 0.4) is 0 Å². The molecule has 0 aliphatic rings. The van der Waals surface area contributed by atoms with Crippen LogP contribution in [-0.4, -0.2) is 29.7 Å². The SMILES string of the molecule is COC(=O)c1ccccc1NC(=O)Cn1ccc2cc(OC(C)C)ccc2c1=O. The number of nitrogens with zero attached hydrogens (tertiary/aromatic N) is 1. The van der Waals surface area contributed by atoms with Crippen LogP contribution in [0.2, 0.25) is 0 Å².